The van der Waals surface area contributed by atoms with Crippen LogP contribution in [0.4, 0.5) is 0 Å². The van der Waals surface area contributed by atoms with Crippen LogP contribution in [-0.2, 0) is 0 Å². The van der Waals surface area contributed by atoms with Crippen molar-refractivity contribution in [1.29, 1.82) is 0 Å². The SMILES string of the molecule is C1C[SiH2][SiH2]N1.O. The standard InChI is InChI=1S/C2H9NSi2.H2O/c1-2-4-5-3-1;/h3H,1-2,4-5H2;1H2. The maximum absolute atomic E-state index is 3.42. The topological polar surface area (TPSA) is 43.5 Å². The van der Waals surface area contributed by atoms with Crippen LogP contribution in [-0.4, -0.2) is 30.3 Å². The molecule has 3 N–H and O–H groups in total. The molecule has 2 nitrogen and oxygen atoms in total. The zero-order valence-electron chi connectivity index (χ0n) is 3.83. The van der Waals surface area contributed by atoms with Crippen molar-refractivity contribution in [3.8, 4) is 0 Å². The largest absolute Gasteiger partial charge is 0.412 e. The van der Waals surface area contributed by atoms with Crippen molar-refractivity contribution in [1.82, 2.24) is 4.98 Å². The zero-order chi connectivity index (χ0) is 3.54. The van der Waals surface area contributed by atoms with Gasteiger partial charge >= 0.3 is 0 Å². The highest BCUT2D eigenvalue weighted by atomic mass is 29.1. The lowest BCUT2D eigenvalue weighted by Crippen LogP contribution is -2.11. The Kier molecular flexibility index (Phi) is 3.75. The van der Waals surface area contributed by atoms with Gasteiger partial charge in [0.1, 0.15) is 0 Å². The molecule has 0 atom stereocenters. The van der Waals surface area contributed by atoms with Gasteiger partial charge in [-0.3, -0.25) is 0 Å². The normalized spacial score (nSPS) is 28.0. The second kappa shape index (κ2) is 3.54. The first-order chi connectivity index (χ1) is 2.50. The molecule has 38 valence electrons. The van der Waals surface area contributed by atoms with Crippen molar-refractivity contribution >= 4 is 18.2 Å². The fourth-order valence-corrected chi connectivity index (χ4v) is 5.62. The van der Waals surface area contributed by atoms with Gasteiger partial charge in [0.15, 0.2) is 0 Å². The van der Waals surface area contributed by atoms with Gasteiger partial charge in [-0.15, -0.1) is 0 Å². The molecular weight excluding hydrogens is 110 g/mol. The fourth-order valence-electron chi connectivity index (χ4n) is 0.625. The van der Waals surface area contributed by atoms with E-state index in [1.165, 1.54) is 6.54 Å². The molecule has 0 amide bonds. The maximum atomic E-state index is 3.42. The Balaban J connectivity index is 0.000000250. The summed E-state index contributed by atoms with van der Waals surface area (Å²) in [4.78, 5) is 3.42. The summed E-state index contributed by atoms with van der Waals surface area (Å²) in [6.07, 6.45) is 0. The van der Waals surface area contributed by atoms with Crippen molar-refractivity contribution in [2.45, 2.75) is 6.04 Å². The quantitative estimate of drug-likeness (QED) is 0.350. The highest BCUT2D eigenvalue weighted by Gasteiger charge is 1.95. The lowest BCUT2D eigenvalue weighted by atomic mass is 10.8. The minimum atomic E-state index is 0. The molecule has 0 aromatic rings. The van der Waals surface area contributed by atoms with Gasteiger partial charge in [-0.2, -0.15) is 0 Å². The van der Waals surface area contributed by atoms with E-state index >= 15 is 0 Å². The first-order valence-corrected chi connectivity index (χ1v) is 7.91. The Morgan fingerprint density at radius 3 is 2.50 bits per heavy atom. The minimum Gasteiger partial charge on any atom is -0.412 e. The fraction of sp³-hybridized carbons (Fsp3) is 1.00. The molecule has 0 aromatic carbocycles. The summed E-state index contributed by atoms with van der Waals surface area (Å²) in [5.41, 5.74) is 0. The van der Waals surface area contributed by atoms with Gasteiger partial charge < -0.3 is 10.5 Å². The van der Waals surface area contributed by atoms with E-state index in [4.69, 9.17) is 0 Å². The molecule has 1 fully saturated rings. The van der Waals surface area contributed by atoms with Gasteiger partial charge in [0.2, 0.25) is 0 Å². The van der Waals surface area contributed by atoms with E-state index in [0.29, 0.717) is 18.2 Å². The predicted octanol–water partition coefficient (Wildman–Crippen LogP) is -2.65. The van der Waals surface area contributed by atoms with Crippen molar-refractivity contribution in [3.05, 3.63) is 0 Å². The molecule has 0 radical (unpaired) electrons. The van der Waals surface area contributed by atoms with E-state index in [9.17, 15) is 0 Å². The molecule has 1 heterocycles. The number of hydrogen-bond donors (Lipinski definition) is 1. The summed E-state index contributed by atoms with van der Waals surface area (Å²) < 4.78 is 0. The van der Waals surface area contributed by atoms with Crippen molar-refractivity contribution in [2.24, 2.45) is 0 Å². The summed E-state index contributed by atoms with van der Waals surface area (Å²) in [5.74, 6) is 0. The van der Waals surface area contributed by atoms with Gasteiger partial charge in [0, 0.05) is 9.04 Å². The third-order valence-corrected chi connectivity index (χ3v) is 6.49. The second-order valence-electron chi connectivity index (χ2n) is 1.46. The van der Waals surface area contributed by atoms with E-state index in [-0.39, 0.29) is 5.48 Å². The lowest BCUT2D eigenvalue weighted by molar-refractivity contribution is 0.824. The van der Waals surface area contributed by atoms with E-state index in [1.807, 2.05) is 0 Å². The molecule has 1 aliphatic rings. The predicted molar refractivity (Wildman–Crippen MR) is 33.5 cm³/mol. The van der Waals surface area contributed by atoms with E-state index < -0.39 is 0 Å². The molecule has 0 saturated carbocycles. The van der Waals surface area contributed by atoms with Crippen LogP contribution in [0, 0.1) is 0 Å². The van der Waals surface area contributed by atoms with Crippen LogP contribution in [0.5, 0.6) is 0 Å². The molecule has 1 aliphatic heterocycles. The molecule has 0 unspecified atom stereocenters. The van der Waals surface area contributed by atoms with Gasteiger partial charge in [-0.05, 0) is 6.54 Å². The minimum absolute atomic E-state index is 0. The average Bonchev–Trinajstić information content (AvgIpc) is 1.76. The molecule has 1 saturated heterocycles. The first-order valence-electron chi connectivity index (χ1n) is 2.21. The highest BCUT2D eigenvalue weighted by Crippen LogP contribution is 1.77. The summed E-state index contributed by atoms with van der Waals surface area (Å²) in [6.45, 7) is 1.37. The average molecular weight is 121 g/mol. The Labute approximate surface area is 42.1 Å². The highest BCUT2D eigenvalue weighted by molar-refractivity contribution is 7.00. The van der Waals surface area contributed by atoms with Gasteiger partial charge in [-0.25, -0.2) is 0 Å². The number of nitrogens with one attached hydrogen (secondary N) is 1. The molecule has 6 heavy (non-hydrogen) atoms. The van der Waals surface area contributed by atoms with Crippen LogP contribution in [0.2, 0.25) is 6.04 Å². The molecule has 0 aliphatic carbocycles. The third-order valence-electron chi connectivity index (χ3n) is 0.957. The Hall–Kier alpha value is 0.354. The van der Waals surface area contributed by atoms with Crippen LogP contribution >= 0.6 is 0 Å². The maximum Gasteiger partial charge on any atom is 0.0760 e. The first kappa shape index (κ1) is 6.35. The third kappa shape index (κ3) is 1.71. The van der Waals surface area contributed by atoms with Crippen LogP contribution in [0.25, 0.3) is 0 Å². The monoisotopic (exact) mass is 121 g/mol. The Bertz CT molecular complexity index is 23.1. The zero-order valence-corrected chi connectivity index (χ0v) is 6.66. The van der Waals surface area contributed by atoms with Crippen LogP contribution in [0.15, 0.2) is 0 Å². The van der Waals surface area contributed by atoms with Crippen molar-refractivity contribution in [3.63, 3.8) is 0 Å². The van der Waals surface area contributed by atoms with E-state index in [2.05, 4.69) is 4.98 Å². The van der Waals surface area contributed by atoms with Crippen LogP contribution in [0.3, 0.4) is 0 Å². The van der Waals surface area contributed by atoms with Gasteiger partial charge in [0.05, 0.1) is 9.20 Å². The van der Waals surface area contributed by atoms with Crippen molar-refractivity contribution in [2.75, 3.05) is 6.54 Å². The molecular formula is C2H11NOSi2. The molecule has 0 spiro atoms. The van der Waals surface area contributed by atoms with E-state index in [1.54, 1.807) is 6.04 Å². The smallest absolute Gasteiger partial charge is 0.0760 e. The summed E-state index contributed by atoms with van der Waals surface area (Å²) in [7, 11) is 1.00. The Morgan fingerprint density at radius 2 is 2.33 bits per heavy atom. The van der Waals surface area contributed by atoms with Gasteiger partial charge in [0.25, 0.3) is 0 Å². The summed E-state index contributed by atoms with van der Waals surface area (Å²) in [6, 6.07) is 1.59. The summed E-state index contributed by atoms with van der Waals surface area (Å²) >= 11 is 0. The Morgan fingerprint density at radius 1 is 1.50 bits per heavy atom. The lowest BCUT2D eigenvalue weighted by Gasteiger charge is -1.76. The number of rotatable bonds is 0. The molecule has 0 aromatic heterocycles. The van der Waals surface area contributed by atoms with Crippen molar-refractivity contribution < 1.29 is 5.48 Å². The molecule has 4 heteroatoms. The second-order valence-corrected chi connectivity index (χ2v) is 7.49. The number of hydrogen-bond acceptors (Lipinski definition) is 1. The molecule has 1 rings (SSSR count). The summed E-state index contributed by atoms with van der Waals surface area (Å²) in [5, 5.41) is 0. The molecule has 0 bridgehead atoms. The van der Waals surface area contributed by atoms with Gasteiger partial charge in [-0.1, -0.05) is 6.04 Å². The van der Waals surface area contributed by atoms with Crippen LogP contribution < -0.4 is 4.98 Å². The van der Waals surface area contributed by atoms with E-state index in [0.717, 1.165) is 0 Å². The van der Waals surface area contributed by atoms with Crippen LogP contribution in [0.1, 0.15) is 0 Å².